The van der Waals surface area contributed by atoms with Gasteiger partial charge in [0.2, 0.25) is 0 Å². The van der Waals surface area contributed by atoms with Crippen LogP contribution in [0.25, 0.3) is 0 Å². The highest BCUT2D eigenvalue weighted by molar-refractivity contribution is 4.85. The molecule has 20 heavy (non-hydrogen) atoms. The van der Waals surface area contributed by atoms with Gasteiger partial charge in [-0.25, -0.2) is 0 Å². The molecule has 120 valence electrons. The van der Waals surface area contributed by atoms with Crippen molar-refractivity contribution < 1.29 is 4.74 Å². The van der Waals surface area contributed by atoms with Crippen molar-refractivity contribution in [3.63, 3.8) is 0 Å². The van der Waals surface area contributed by atoms with Crippen molar-refractivity contribution in [2.24, 2.45) is 0 Å². The van der Waals surface area contributed by atoms with E-state index in [-0.39, 0.29) is 0 Å². The van der Waals surface area contributed by atoms with Crippen LogP contribution in [-0.4, -0.2) is 31.6 Å². The summed E-state index contributed by atoms with van der Waals surface area (Å²) >= 11 is 0. The molecule has 0 aliphatic carbocycles. The van der Waals surface area contributed by atoms with E-state index < -0.39 is 0 Å². The third kappa shape index (κ3) is 13.9. The van der Waals surface area contributed by atoms with Crippen LogP contribution in [0.15, 0.2) is 12.3 Å². The Hall–Kier alpha value is -0.500. The lowest BCUT2D eigenvalue weighted by molar-refractivity contribution is 0.178. The molecule has 0 N–H and O–H groups in total. The maximum atomic E-state index is 5.65. The first-order valence-electron chi connectivity index (χ1n) is 8.69. The summed E-state index contributed by atoms with van der Waals surface area (Å²) in [6.07, 6.45) is 13.7. The molecule has 0 radical (unpaired) electrons. The Labute approximate surface area is 127 Å². The third-order valence-electron chi connectivity index (χ3n) is 3.79. The highest BCUT2D eigenvalue weighted by Gasteiger charge is 1.99. The molecule has 0 aliphatic heterocycles. The number of rotatable bonds is 15. The molecule has 0 heterocycles. The van der Waals surface area contributed by atoms with Gasteiger partial charge in [0.15, 0.2) is 0 Å². The molecule has 0 saturated carbocycles. The second-order valence-electron chi connectivity index (χ2n) is 5.90. The Morgan fingerprint density at radius 1 is 0.850 bits per heavy atom. The summed E-state index contributed by atoms with van der Waals surface area (Å²) in [6, 6.07) is 0. The van der Waals surface area contributed by atoms with Crippen molar-refractivity contribution >= 4 is 0 Å². The normalized spacial score (nSPS) is 11.0. The van der Waals surface area contributed by atoms with E-state index in [0.29, 0.717) is 0 Å². The van der Waals surface area contributed by atoms with Crippen molar-refractivity contribution in [3.05, 3.63) is 12.3 Å². The molecule has 2 heteroatoms. The lowest BCUT2D eigenvalue weighted by Gasteiger charge is -2.16. The largest absolute Gasteiger partial charge is 0.497 e. The maximum Gasteiger partial charge on any atom is 0.103 e. The SMILES string of the molecule is C=C(CN(C)CC)OCCCCCCCCCCCC. The summed E-state index contributed by atoms with van der Waals surface area (Å²) in [7, 11) is 2.09. The van der Waals surface area contributed by atoms with Gasteiger partial charge in [0, 0.05) is 0 Å². The van der Waals surface area contributed by atoms with Gasteiger partial charge < -0.3 is 4.74 Å². The summed E-state index contributed by atoms with van der Waals surface area (Å²) < 4.78 is 5.65. The van der Waals surface area contributed by atoms with E-state index in [4.69, 9.17) is 4.74 Å². The highest BCUT2D eigenvalue weighted by Crippen LogP contribution is 2.10. The van der Waals surface area contributed by atoms with Crippen LogP contribution in [0.5, 0.6) is 0 Å². The van der Waals surface area contributed by atoms with Crippen LogP contribution < -0.4 is 0 Å². The summed E-state index contributed by atoms with van der Waals surface area (Å²) in [4.78, 5) is 2.21. The smallest absolute Gasteiger partial charge is 0.103 e. The Morgan fingerprint density at radius 2 is 1.35 bits per heavy atom. The molecule has 0 atom stereocenters. The van der Waals surface area contributed by atoms with Crippen molar-refractivity contribution in [2.45, 2.75) is 78.1 Å². The van der Waals surface area contributed by atoms with Crippen LogP contribution >= 0.6 is 0 Å². The fraction of sp³-hybridized carbons (Fsp3) is 0.889. The number of hydrogen-bond donors (Lipinski definition) is 0. The van der Waals surface area contributed by atoms with E-state index in [2.05, 4.69) is 32.4 Å². The standard InChI is InChI=1S/C18H37NO/c1-5-7-8-9-10-11-12-13-14-15-16-20-18(3)17-19(4)6-2/h3,5-17H2,1-2,4H3. The quantitative estimate of drug-likeness (QED) is 0.295. The number of unbranched alkanes of at least 4 members (excludes halogenated alkanes) is 9. The van der Waals surface area contributed by atoms with Gasteiger partial charge in [-0.2, -0.15) is 0 Å². The molecule has 0 unspecified atom stereocenters. The summed E-state index contributed by atoms with van der Waals surface area (Å²) in [6.45, 7) is 11.1. The fourth-order valence-corrected chi connectivity index (χ4v) is 2.26. The van der Waals surface area contributed by atoms with E-state index in [0.717, 1.165) is 25.5 Å². The van der Waals surface area contributed by atoms with Crippen LogP contribution in [-0.2, 0) is 4.74 Å². The van der Waals surface area contributed by atoms with E-state index in [1.807, 2.05) is 0 Å². The van der Waals surface area contributed by atoms with Crippen molar-refractivity contribution in [3.8, 4) is 0 Å². The molecule has 0 spiro atoms. The van der Waals surface area contributed by atoms with Gasteiger partial charge in [0.25, 0.3) is 0 Å². The molecule has 0 saturated heterocycles. The van der Waals surface area contributed by atoms with Gasteiger partial charge in [-0.15, -0.1) is 0 Å². The minimum Gasteiger partial charge on any atom is -0.497 e. The first kappa shape index (κ1) is 19.5. The minimum atomic E-state index is 0.840. The molecule has 0 bridgehead atoms. The third-order valence-corrected chi connectivity index (χ3v) is 3.79. The fourth-order valence-electron chi connectivity index (χ4n) is 2.26. The van der Waals surface area contributed by atoms with E-state index in [1.165, 1.54) is 64.2 Å². The average molecular weight is 283 g/mol. The summed E-state index contributed by atoms with van der Waals surface area (Å²) in [5.41, 5.74) is 0. The number of ether oxygens (including phenoxy) is 1. The zero-order valence-electron chi connectivity index (χ0n) is 14.3. The maximum absolute atomic E-state index is 5.65. The van der Waals surface area contributed by atoms with Gasteiger partial charge in [0.1, 0.15) is 5.76 Å². The average Bonchev–Trinajstić information content (AvgIpc) is 2.44. The monoisotopic (exact) mass is 283 g/mol. The zero-order chi connectivity index (χ0) is 15.1. The summed E-state index contributed by atoms with van der Waals surface area (Å²) in [5, 5.41) is 0. The molecular formula is C18H37NO. The molecule has 0 aromatic carbocycles. The molecule has 0 amide bonds. The van der Waals surface area contributed by atoms with Gasteiger partial charge in [0.05, 0.1) is 13.2 Å². The van der Waals surface area contributed by atoms with Gasteiger partial charge in [-0.05, 0) is 20.0 Å². The number of likely N-dealkylation sites (N-methyl/N-ethyl adjacent to an activating group) is 1. The first-order valence-corrected chi connectivity index (χ1v) is 8.69. The Bertz CT molecular complexity index is 215. The van der Waals surface area contributed by atoms with Gasteiger partial charge in [-0.3, -0.25) is 4.90 Å². The minimum absolute atomic E-state index is 0.840. The van der Waals surface area contributed by atoms with Crippen molar-refractivity contribution in [1.29, 1.82) is 0 Å². The molecule has 0 rings (SSSR count). The van der Waals surface area contributed by atoms with Crippen LogP contribution in [0.1, 0.15) is 78.1 Å². The number of nitrogens with zero attached hydrogens (tertiary/aromatic N) is 1. The Kier molecular flexibility index (Phi) is 14.5. The molecule has 0 aliphatic rings. The molecular weight excluding hydrogens is 246 g/mol. The highest BCUT2D eigenvalue weighted by atomic mass is 16.5. The Balaban J connectivity index is 3.14. The first-order chi connectivity index (χ1) is 9.70. The predicted molar refractivity (Wildman–Crippen MR) is 90.1 cm³/mol. The van der Waals surface area contributed by atoms with Crippen LogP contribution in [0, 0.1) is 0 Å². The van der Waals surface area contributed by atoms with Crippen LogP contribution in [0.4, 0.5) is 0 Å². The van der Waals surface area contributed by atoms with Gasteiger partial charge in [-0.1, -0.05) is 78.2 Å². The molecule has 0 aromatic rings. The lowest BCUT2D eigenvalue weighted by Crippen LogP contribution is -2.21. The van der Waals surface area contributed by atoms with Gasteiger partial charge >= 0.3 is 0 Å². The van der Waals surface area contributed by atoms with E-state index >= 15 is 0 Å². The predicted octanol–water partition coefficient (Wildman–Crippen LogP) is 5.39. The molecule has 0 fully saturated rings. The van der Waals surface area contributed by atoms with Crippen LogP contribution in [0.2, 0.25) is 0 Å². The second-order valence-corrected chi connectivity index (χ2v) is 5.90. The molecule has 2 nitrogen and oxygen atoms in total. The van der Waals surface area contributed by atoms with Crippen molar-refractivity contribution in [2.75, 3.05) is 26.7 Å². The number of hydrogen-bond acceptors (Lipinski definition) is 2. The zero-order valence-corrected chi connectivity index (χ0v) is 14.3. The Morgan fingerprint density at radius 3 is 1.85 bits per heavy atom. The molecule has 0 aromatic heterocycles. The van der Waals surface area contributed by atoms with E-state index in [1.54, 1.807) is 0 Å². The van der Waals surface area contributed by atoms with Crippen LogP contribution in [0.3, 0.4) is 0 Å². The lowest BCUT2D eigenvalue weighted by atomic mass is 10.1. The van der Waals surface area contributed by atoms with Crippen molar-refractivity contribution in [1.82, 2.24) is 4.90 Å². The van der Waals surface area contributed by atoms with E-state index in [9.17, 15) is 0 Å². The second kappa shape index (κ2) is 14.9. The topological polar surface area (TPSA) is 12.5 Å². The summed E-state index contributed by atoms with van der Waals surface area (Å²) in [5.74, 6) is 0.908.